The summed E-state index contributed by atoms with van der Waals surface area (Å²) < 4.78 is 1.82. The quantitative estimate of drug-likeness (QED) is 0.871. The van der Waals surface area contributed by atoms with Crippen molar-refractivity contribution in [2.24, 2.45) is 7.05 Å². The Hall–Kier alpha value is -1.68. The summed E-state index contributed by atoms with van der Waals surface area (Å²) in [5.74, 6) is 0. The molecule has 0 spiro atoms. The molecule has 1 N–H and O–H groups in total. The van der Waals surface area contributed by atoms with E-state index in [0.717, 1.165) is 6.54 Å². The summed E-state index contributed by atoms with van der Waals surface area (Å²) in [7, 11) is 1.93. The molecule has 2 rings (SSSR count). The number of hydrogen-bond donors (Lipinski definition) is 1. The van der Waals surface area contributed by atoms with Gasteiger partial charge in [0.15, 0.2) is 0 Å². The van der Waals surface area contributed by atoms with E-state index in [1.165, 1.54) is 16.7 Å². The topological polar surface area (TPSA) is 42.7 Å². The number of nitrogens with one attached hydrogen (secondary N) is 1. The van der Waals surface area contributed by atoms with E-state index in [1.807, 2.05) is 36.5 Å². The first-order valence-electron chi connectivity index (χ1n) is 5.84. The lowest BCUT2D eigenvalue weighted by Crippen LogP contribution is -2.21. The van der Waals surface area contributed by atoms with Crippen molar-refractivity contribution < 1.29 is 0 Å². The van der Waals surface area contributed by atoms with Crippen LogP contribution in [-0.2, 0) is 7.05 Å². The lowest BCUT2D eigenvalue weighted by atomic mass is 10.0. The van der Waals surface area contributed by atoms with Gasteiger partial charge >= 0.3 is 0 Å². The molecule has 90 valence electrons. The molecule has 0 bridgehead atoms. The van der Waals surface area contributed by atoms with Gasteiger partial charge in [-0.15, -0.1) is 0 Å². The lowest BCUT2D eigenvalue weighted by Gasteiger charge is -2.16. The fourth-order valence-corrected chi connectivity index (χ4v) is 1.96. The van der Waals surface area contributed by atoms with Crippen LogP contribution >= 0.6 is 0 Å². The summed E-state index contributed by atoms with van der Waals surface area (Å²) in [6.07, 6.45) is 7.72. The maximum Gasteiger partial charge on any atom is 0.0623 e. The Morgan fingerprint density at radius 1 is 1.29 bits per heavy atom. The molecule has 1 unspecified atom stereocenters. The second-order valence-corrected chi connectivity index (χ2v) is 4.23. The Bertz CT molecular complexity index is 490. The molecular weight excluding hydrogens is 212 g/mol. The van der Waals surface area contributed by atoms with E-state index in [2.05, 4.69) is 35.3 Å². The molecule has 0 aromatic carbocycles. The monoisotopic (exact) mass is 230 g/mol. The highest BCUT2D eigenvalue weighted by atomic mass is 15.2. The molecule has 0 aliphatic heterocycles. The maximum absolute atomic E-state index is 4.25. The van der Waals surface area contributed by atoms with Crippen molar-refractivity contribution in [2.75, 3.05) is 6.54 Å². The molecule has 0 saturated carbocycles. The first-order valence-corrected chi connectivity index (χ1v) is 5.84. The minimum Gasteiger partial charge on any atom is -0.306 e. The third-order valence-electron chi connectivity index (χ3n) is 2.70. The van der Waals surface area contributed by atoms with Crippen LogP contribution in [0.1, 0.15) is 29.7 Å². The molecule has 0 saturated heterocycles. The average Bonchev–Trinajstić information content (AvgIpc) is 2.72. The van der Waals surface area contributed by atoms with E-state index in [-0.39, 0.29) is 6.04 Å². The van der Waals surface area contributed by atoms with Crippen molar-refractivity contribution in [2.45, 2.75) is 19.9 Å². The van der Waals surface area contributed by atoms with Crippen molar-refractivity contribution >= 4 is 0 Å². The SMILES string of the molecule is CCNC(c1cncc(C)c1)c1cnn(C)c1. The van der Waals surface area contributed by atoms with E-state index in [4.69, 9.17) is 0 Å². The Balaban J connectivity index is 2.35. The van der Waals surface area contributed by atoms with Gasteiger partial charge in [0, 0.05) is 31.2 Å². The molecule has 2 aromatic rings. The molecule has 2 aromatic heterocycles. The number of nitrogens with zero attached hydrogens (tertiary/aromatic N) is 3. The fourth-order valence-electron chi connectivity index (χ4n) is 1.96. The minimum absolute atomic E-state index is 0.168. The van der Waals surface area contributed by atoms with Crippen LogP contribution in [0.3, 0.4) is 0 Å². The molecule has 0 radical (unpaired) electrons. The predicted octanol–water partition coefficient (Wildman–Crippen LogP) is 1.82. The van der Waals surface area contributed by atoms with Crippen LogP contribution in [0, 0.1) is 6.92 Å². The van der Waals surface area contributed by atoms with Crippen LogP contribution in [0.2, 0.25) is 0 Å². The number of pyridine rings is 1. The Kier molecular flexibility index (Phi) is 3.54. The van der Waals surface area contributed by atoms with Gasteiger partial charge in [-0.25, -0.2) is 0 Å². The lowest BCUT2D eigenvalue weighted by molar-refractivity contribution is 0.627. The van der Waals surface area contributed by atoms with E-state index in [9.17, 15) is 0 Å². The predicted molar refractivity (Wildman–Crippen MR) is 67.7 cm³/mol. The molecule has 0 aliphatic rings. The summed E-state index contributed by atoms with van der Waals surface area (Å²) in [5.41, 5.74) is 3.52. The van der Waals surface area contributed by atoms with Crippen molar-refractivity contribution in [3.63, 3.8) is 0 Å². The zero-order valence-electron chi connectivity index (χ0n) is 10.5. The Morgan fingerprint density at radius 3 is 2.71 bits per heavy atom. The molecule has 1 atom stereocenters. The molecule has 4 nitrogen and oxygen atoms in total. The largest absolute Gasteiger partial charge is 0.306 e. The third-order valence-corrected chi connectivity index (χ3v) is 2.70. The molecule has 4 heteroatoms. The van der Waals surface area contributed by atoms with Crippen molar-refractivity contribution in [1.82, 2.24) is 20.1 Å². The highest BCUT2D eigenvalue weighted by Gasteiger charge is 2.14. The van der Waals surface area contributed by atoms with E-state index < -0.39 is 0 Å². The van der Waals surface area contributed by atoms with Crippen LogP contribution in [0.25, 0.3) is 0 Å². The van der Waals surface area contributed by atoms with E-state index in [1.54, 1.807) is 0 Å². The number of rotatable bonds is 4. The first kappa shape index (κ1) is 11.8. The first-order chi connectivity index (χ1) is 8.20. The number of hydrogen-bond acceptors (Lipinski definition) is 3. The van der Waals surface area contributed by atoms with Gasteiger partial charge in [0.2, 0.25) is 0 Å². The van der Waals surface area contributed by atoms with Gasteiger partial charge in [-0.1, -0.05) is 13.0 Å². The van der Waals surface area contributed by atoms with Gasteiger partial charge in [-0.3, -0.25) is 9.67 Å². The molecule has 0 aliphatic carbocycles. The molecular formula is C13H18N4. The highest BCUT2D eigenvalue weighted by Crippen LogP contribution is 2.21. The number of aryl methyl sites for hydroxylation is 2. The second kappa shape index (κ2) is 5.10. The molecule has 2 heterocycles. The average molecular weight is 230 g/mol. The third kappa shape index (κ3) is 2.71. The zero-order chi connectivity index (χ0) is 12.3. The summed E-state index contributed by atoms with van der Waals surface area (Å²) in [6, 6.07) is 2.33. The normalized spacial score (nSPS) is 12.6. The summed E-state index contributed by atoms with van der Waals surface area (Å²) >= 11 is 0. The van der Waals surface area contributed by atoms with E-state index in [0.29, 0.717) is 0 Å². The van der Waals surface area contributed by atoms with Gasteiger partial charge in [-0.05, 0) is 24.6 Å². The smallest absolute Gasteiger partial charge is 0.0623 e. The summed E-state index contributed by atoms with van der Waals surface area (Å²) in [6.45, 7) is 5.07. The van der Waals surface area contributed by atoms with Crippen molar-refractivity contribution in [1.29, 1.82) is 0 Å². The van der Waals surface area contributed by atoms with Crippen molar-refractivity contribution in [3.05, 3.63) is 47.5 Å². The van der Waals surface area contributed by atoms with E-state index >= 15 is 0 Å². The number of aromatic nitrogens is 3. The molecule has 0 fully saturated rings. The fraction of sp³-hybridized carbons (Fsp3) is 0.385. The van der Waals surface area contributed by atoms with Crippen LogP contribution < -0.4 is 5.32 Å². The van der Waals surface area contributed by atoms with Crippen LogP contribution in [0.4, 0.5) is 0 Å². The Morgan fingerprint density at radius 2 is 2.12 bits per heavy atom. The van der Waals surface area contributed by atoms with Crippen LogP contribution in [0.5, 0.6) is 0 Å². The van der Waals surface area contributed by atoms with Gasteiger partial charge in [0.1, 0.15) is 0 Å². The second-order valence-electron chi connectivity index (χ2n) is 4.23. The molecule has 0 amide bonds. The summed E-state index contributed by atoms with van der Waals surface area (Å²) in [5, 5.41) is 7.69. The Labute approximate surface area is 102 Å². The maximum atomic E-state index is 4.25. The molecule has 17 heavy (non-hydrogen) atoms. The van der Waals surface area contributed by atoms with Crippen LogP contribution in [-0.4, -0.2) is 21.3 Å². The van der Waals surface area contributed by atoms with Gasteiger partial charge < -0.3 is 5.32 Å². The minimum atomic E-state index is 0.168. The van der Waals surface area contributed by atoms with Crippen molar-refractivity contribution in [3.8, 4) is 0 Å². The van der Waals surface area contributed by atoms with Gasteiger partial charge in [0.05, 0.1) is 12.2 Å². The summed E-state index contributed by atoms with van der Waals surface area (Å²) in [4.78, 5) is 4.25. The highest BCUT2D eigenvalue weighted by molar-refractivity contribution is 5.29. The zero-order valence-corrected chi connectivity index (χ0v) is 10.5. The van der Waals surface area contributed by atoms with Gasteiger partial charge in [0.25, 0.3) is 0 Å². The van der Waals surface area contributed by atoms with Gasteiger partial charge in [-0.2, -0.15) is 5.10 Å². The standard InChI is InChI=1S/C13H18N4/c1-4-15-13(12-8-16-17(3)9-12)11-5-10(2)6-14-7-11/h5-9,13,15H,4H2,1-3H3. The van der Waals surface area contributed by atoms with Crippen LogP contribution in [0.15, 0.2) is 30.9 Å².